The quantitative estimate of drug-likeness (QED) is 0.737. The van der Waals surface area contributed by atoms with Crippen LogP contribution in [0, 0.1) is 12.3 Å². The zero-order valence-corrected chi connectivity index (χ0v) is 8.16. The van der Waals surface area contributed by atoms with Crippen LogP contribution < -0.4 is 5.32 Å². The zero-order chi connectivity index (χ0) is 9.97. The summed E-state index contributed by atoms with van der Waals surface area (Å²) < 4.78 is 5.04. The molecule has 1 fully saturated rings. The van der Waals surface area contributed by atoms with Gasteiger partial charge >= 0.3 is 6.01 Å². The minimum Gasteiger partial charge on any atom is -0.334 e. The molecule has 0 aromatic carbocycles. The molecule has 1 aliphatic carbocycles. The van der Waals surface area contributed by atoms with Gasteiger partial charge in [0.2, 0.25) is 0 Å². The van der Waals surface area contributed by atoms with E-state index in [1.165, 1.54) is 12.8 Å². The van der Waals surface area contributed by atoms with E-state index < -0.39 is 0 Å². The summed E-state index contributed by atoms with van der Waals surface area (Å²) in [5.74, 6) is 3.92. The van der Waals surface area contributed by atoms with E-state index in [1.54, 1.807) is 0 Å². The summed E-state index contributed by atoms with van der Waals surface area (Å²) in [7, 11) is 0. The largest absolute Gasteiger partial charge is 0.334 e. The van der Waals surface area contributed by atoms with E-state index in [2.05, 4.69) is 21.4 Å². The highest BCUT2D eigenvalue weighted by molar-refractivity contribution is 5.22. The molecule has 0 amide bonds. The van der Waals surface area contributed by atoms with Crippen molar-refractivity contribution in [1.82, 2.24) is 10.1 Å². The summed E-state index contributed by atoms with van der Waals surface area (Å²) in [6, 6.07) is 0.655. The molecule has 1 atom stereocenters. The third-order valence-electron chi connectivity index (χ3n) is 2.18. The summed E-state index contributed by atoms with van der Waals surface area (Å²) in [5, 5.41) is 6.95. The molecular formula is C10H13N3O. The van der Waals surface area contributed by atoms with Crippen molar-refractivity contribution in [1.29, 1.82) is 0 Å². The molecule has 0 spiro atoms. The predicted octanol–water partition coefficient (Wildman–Crippen LogP) is 1.77. The number of nitrogens with one attached hydrogen (secondary N) is 1. The Balaban J connectivity index is 1.92. The molecule has 2 rings (SSSR count). The molecule has 14 heavy (non-hydrogen) atoms. The van der Waals surface area contributed by atoms with Gasteiger partial charge in [-0.25, -0.2) is 0 Å². The first-order valence-electron chi connectivity index (χ1n) is 4.83. The van der Waals surface area contributed by atoms with E-state index in [4.69, 9.17) is 10.9 Å². The molecule has 4 nitrogen and oxygen atoms in total. The minimum absolute atomic E-state index is 0.174. The Kier molecular flexibility index (Phi) is 2.40. The smallest absolute Gasteiger partial charge is 0.321 e. The van der Waals surface area contributed by atoms with Crippen LogP contribution in [0.1, 0.15) is 37.9 Å². The fourth-order valence-corrected chi connectivity index (χ4v) is 1.24. The molecule has 1 saturated carbocycles. The zero-order valence-electron chi connectivity index (χ0n) is 8.16. The van der Waals surface area contributed by atoms with Gasteiger partial charge in [0.1, 0.15) is 0 Å². The Morgan fingerprint density at radius 1 is 1.71 bits per heavy atom. The maximum atomic E-state index is 5.19. The van der Waals surface area contributed by atoms with Gasteiger partial charge in [-0.1, -0.05) is 5.16 Å². The van der Waals surface area contributed by atoms with Crippen molar-refractivity contribution in [2.24, 2.45) is 0 Å². The Labute approximate surface area is 83.1 Å². The summed E-state index contributed by atoms with van der Waals surface area (Å²) >= 11 is 0. The topological polar surface area (TPSA) is 51.0 Å². The van der Waals surface area contributed by atoms with Crippen LogP contribution >= 0.6 is 0 Å². The van der Waals surface area contributed by atoms with Gasteiger partial charge in [-0.05, 0) is 19.8 Å². The van der Waals surface area contributed by atoms with Crippen LogP contribution in [-0.4, -0.2) is 16.2 Å². The summed E-state index contributed by atoms with van der Waals surface area (Å²) in [6.45, 7) is 1.99. The van der Waals surface area contributed by atoms with Crippen molar-refractivity contribution in [3.63, 3.8) is 0 Å². The highest BCUT2D eigenvalue weighted by Crippen LogP contribution is 2.38. The number of hydrogen-bond acceptors (Lipinski definition) is 4. The SMILES string of the molecule is C#CCC(C)Nc1nc(C2CC2)no1. The third kappa shape index (κ3) is 2.05. The van der Waals surface area contributed by atoms with E-state index in [1.807, 2.05) is 6.92 Å². The van der Waals surface area contributed by atoms with Gasteiger partial charge in [-0.2, -0.15) is 4.98 Å². The molecule has 0 radical (unpaired) electrons. The molecule has 0 saturated heterocycles. The fourth-order valence-electron chi connectivity index (χ4n) is 1.24. The van der Waals surface area contributed by atoms with E-state index >= 15 is 0 Å². The van der Waals surface area contributed by atoms with E-state index in [-0.39, 0.29) is 6.04 Å². The molecule has 1 aromatic heterocycles. The first-order valence-corrected chi connectivity index (χ1v) is 4.83. The summed E-state index contributed by atoms with van der Waals surface area (Å²) in [6.07, 6.45) is 8.20. The Bertz CT molecular complexity index is 348. The summed E-state index contributed by atoms with van der Waals surface area (Å²) in [4.78, 5) is 4.24. The molecule has 1 aliphatic rings. The first-order chi connectivity index (χ1) is 6.79. The van der Waals surface area contributed by atoms with E-state index in [9.17, 15) is 0 Å². The molecule has 0 bridgehead atoms. The molecule has 1 unspecified atom stereocenters. The highest BCUT2D eigenvalue weighted by Gasteiger charge is 2.28. The number of terminal acetylenes is 1. The maximum Gasteiger partial charge on any atom is 0.321 e. The number of aromatic nitrogens is 2. The van der Waals surface area contributed by atoms with Gasteiger partial charge in [0.15, 0.2) is 5.82 Å². The molecule has 74 valence electrons. The lowest BCUT2D eigenvalue weighted by molar-refractivity contribution is 0.419. The molecule has 1 N–H and O–H groups in total. The highest BCUT2D eigenvalue weighted by atomic mass is 16.5. The standard InChI is InChI=1S/C10H13N3O/c1-3-4-7(2)11-10-12-9(13-14-10)8-5-6-8/h1,7-8H,4-6H2,2H3,(H,11,12,13). The van der Waals surface area contributed by atoms with Gasteiger partial charge in [0.05, 0.1) is 0 Å². The normalized spacial score (nSPS) is 17.4. The second-order valence-corrected chi connectivity index (χ2v) is 3.69. The Hall–Kier alpha value is -1.50. The number of nitrogens with zero attached hydrogens (tertiary/aromatic N) is 2. The van der Waals surface area contributed by atoms with Crippen LogP contribution in [0.5, 0.6) is 0 Å². The lowest BCUT2D eigenvalue weighted by Crippen LogP contribution is -2.14. The van der Waals surface area contributed by atoms with Crippen molar-refractivity contribution in [3.8, 4) is 12.3 Å². The second kappa shape index (κ2) is 3.70. The van der Waals surface area contributed by atoms with Gasteiger partial charge in [0, 0.05) is 18.4 Å². The molecule has 4 heteroatoms. The van der Waals surface area contributed by atoms with Gasteiger partial charge in [-0.3, -0.25) is 0 Å². The fraction of sp³-hybridized carbons (Fsp3) is 0.600. The molecule has 1 aromatic rings. The molecular weight excluding hydrogens is 178 g/mol. The van der Waals surface area contributed by atoms with Crippen LogP contribution in [0.2, 0.25) is 0 Å². The maximum absolute atomic E-state index is 5.19. The first kappa shape index (κ1) is 9.07. The Morgan fingerprint density at radius 2 is 2.50 bits per heavy atom. The van der Waals surface area contributed by atoms with Crippen molar-refractivity contribution < 1.29 is 4.52 Å². The average molecular weight is 191 g/mol. The number of hydrogen-bond donors (Lipinski definition) is 1. The van der Waals surface area contributed by atoms with Crippen LogP contribution in [0.4, 0.5) is 6.01 Å². The monoisotopic (exact) mass is 191 g/mol. The lowest BCUT2D eigenvalue weighted by Gasteiger charge is -2.06. The third-order valence-corrected chi connectivity index (χ3v) is 2.18. The summed E-state index contributed by atoms with van der Waals surface area (Å²) in [5.41, 5.74) is 0. The van der Waals surface area contributed by atoms with Crippen molar-refractivity contribution in [2.75, 3.05) is 5.32 Å². The van der Waals surface area contributed by atoms with Crippen molar-refractivity contribution in [2.45, 2.75) is 38.1 Å². The second-order valence-electron chi connectivity index (χ2n) is 3.69. The number of anilines is 1. The van der Waals surface area contributed by atoms with Crippen molar-refractivity contribution in [3.05, 3.63) is 5.82 Å². The number of rotatable bonds is 4. The molecule has 0 aliphatic heterocycles. The van der Waals surface area contributed by atoms with Gasteiger partial charge in [0.25, 0.3) is 0 Å². The average Bonchev–Trinajstić information content (AvgIpc) is 2.89. The van der Waals surface area contributed by atoms with Crippen LogP contribution in [0.25, 0.3) is 0 Å². The lowest BCUT2D eigenvalue weighted by atomic mass is 10.2. The molecule has 1 heterocycles. The predicted molar refractivity (Wildman–Crippen MR) is 52.8 cm³/mol. The van der Waals surface area contributed by atoms with Crippen LogP contribution in [0.15, 0.2) is 4.52 Å². The van der Waals surface area contributed by atoms with Crippen LogP contribution in [-0.2, 0) is 0 Å². The van der Waals surface area contributed by atoms with E-state index in [0.717, 1.165) is 5.82 Å². The Morgan fingerprint density at radius 3 is 3.14 bits per heavy atom. The van der Waals surface area contributed by atoms with Crippen LogP contribution in [0.3, 0.4) is 0 Å². The van der Waals surface area contributed by atoms with E-state index in [0.29, 0.717) is 18.4 Å². The van der Waals surface area contributed by atoms with Crippen molar-refractivity contribution >= 4 is 6.01 Å². The minimum atomic E-state index is 0.174. The van der Waals surface area contributed by atoms with Gasteiger partial charge < -0.3 is 9.84 Å². The van der Waals surface area contributed by atoms with Gasteiger partial charge in [-0.15, -0.1) is 12.3 Å².